The lowest BCUT2D eigenvalue weighted by Crippen LogP contribution is -2.38. The fraction of sp³-hybridized carbons (Fsp3) is 0.368. The van der Waals surface area contributed by atoms with Crippen LogP contribution < -0.4 is 4.74 Å². The van der Waals surface area contributed by atoms with Gasteiger partial charge in [-0.15, -0.1) is 0 Å². The van der Waals surface area contributed by atoms with E-state index in [4.69, 9.17) is 4.74 Å². The minimum absolute atomic E-state index is 0.335. The van der Waals surface area contributed by atoms with Gasteiger partial charge in [-0.3, -0.25) is 4.90 Å². The average Bonchev–Trinajstić information content (AvgIpc) is 2.53. The third-order valence-corrected chi connectivity index (χ3v) is 4.11. The van der Waals surface area contributed by atoms with Crippen LogP contribution in [-0.4, -0.2) is 35.8 Å². The molecule has 116 valence electrons. The van der Waals surface area contributed by atoms with E-state index in [1.54, 1.807) is 0 Å². The van der Waals surface area contributed by atoms with E-state index in [0.717, 1.165) is 25.3 Å². The molecule has 1 atom stereocenters. The number of fused-ring (bicyclic) bond motifs is 1. The first-order chi connectivity index (χ1) is 10.7. The predicted octanol–water partition coefficient (Wildman–Crippen LogP) is 2.79. The molecule has 0 saturated heterocycles. The first kappa shape index (κ1) is 15.1. The molecule has 0 unspecified atom stereocenters. The van der Waals surface area contributed by atoms with E-state index in [9.17, 15) is 5.11 Å². The summed E-state index contributed by atoms with van der Waals surface area (Å²) in [6.45, 7) is 4.94. The van der Waals surface area contributed by atoms with E-state index in [-0.39, 0.29) is 0 Å². The highest BCUT2D eigenvalue weighted by Gasteiger charge is 2.18. The molecule has 0 saturated carbocycles. The molecule has 2 aromatic carbocycles. The Labute approximate surface area is 132 Å². The van der Waals surface area contributed by atoms with Crippen molar-refractivity contribution in [1.82, 2.24) is 4.90 Å². The first-order valence-electron chi connectivity index (χ1n) is 7.87. The lowest BCUT2D eigenvalue weighted by molar-refractivity contribution is 0.0637. The smallest absolute Gasteiger partial charge is 0.119 e. The van der Waals surface area contributed by atoms with Crippen LogP contribution in [0.15, 0.2) is 48.5 Å². The van der Waals surface area contributed by atoms with Gasteiger partial charge in [0, 0.05) is 19.6 Å². The van der Waals surface area contributed by atoms with Gasteiger partial charge < -0.3 is 9.84 Å². The lowest BCUT2D eigenvalue weighted by Gasteiger charge is -2.30. The molecule has 0 radical (unpaired) electrons. The third-order valence-electron chi connectivity index (χ3n) is 4.11. The van der Waals surface area contributed by atoms with Crippen LogP contribution in [0.3, 0.4) is 0 Å². The number of rotatable bonds is 5. The van der Waals surface area contributed by atoms with Crippen molar-refractivity contribution >= 4 is 0 Å². The van der Waals surface area contributed by atoms with Gasteiger partial charge in [0.05, 0.1) is 0 Å². The molecule has 0 bridgehead atoms. The predicted molar refractivity (Wildman–Crippen MR) is 88.1 cm³/mol. The number of hydrogen-bond donors (Lipinski definition) is 1. The molecule has 1 aliphatic heterocycles. The van der Waals surface area contributed by atoms with Gasteiger partial charge in [-0.2, -0.15) is 0 Å². The molecule has 2 aromatic rings. The zero-order valence-electron chi connectivity index (χ0n) is 13.0. The summed E-state index contributed by atoms with van der Waals surface area (Å²) in [7, 11) is 0. The molecule has 3 rings (SSSR count). The minimum Gasteiger partial charge on any atom is -0.491 e. The van der Waals surface area contributed by atoms with Crippen molar-refractivity contribution in [3.05, 3.63) is 65.2 Å². The van der Waals surface area contributed by atoms with Crippen molar-refractivity contribution in [3.8, 4) is 5.75 Å². The van der Waals surface area contributed by atoms with E-state index in [0.29, 0.717) is 13.2 Å². The maximum atomic E-state index is 10.2. The molecule has 1 heterocycles. The van der Waals surface area contributed by atoms with Crippen LogP contribution in [0.2, 0.25) is 0 Å². The molecule has 22 heavy (non-hydrogen) atoms. The van der Waals surface area contributed by atoms with Gasteiger partial charge in [0.25, 0.3) is 0 Å². The number of ether oxygens (including phenoxy) is 1. The van der Waals surface area contributed by atoms with Crippen LogP contribution in [0.1, 0.15) is 16.7 Å². The van der Waals surface area contributed by atoms with Gasteiger partial charge in [-0.1, -0.05) is 36.4 Å². The monoisotopic (exact) mass is 297 g/mol. The van der Waals surface area contributed by atoms with Crippen LogP contribution in [0.4, 0.5) is 0 Å². The number of hydrogen-bond acceptors (Lipinski definition) is 3. The second kappa shape index (κ2) is 6.95. The molecule has 0 aliphatic carbocycles. The molecule has 0 fully saturated rings. The number of aryl methyl sites for hydroxylation is 1. The summed E-state index contributed by atoms with van der Waals surface area (Å²) in [5.74, 6) is 0.822. The second-order valence-electron chi connectivity index (χ2n) is 6.04. The van der Waals surface area contributed by atoms with E-state index in [1.807, 2.05) is 31.2 Å². The Morgan fingerprint density at radius 3 is 2.77 bits per heavy atom. The average molecular weight is 297 g/mol. The Hall–Kier alpha value is -1.84. The lowest BCUT2D eigenvalue weighted by atomic mass is 10.00. The number of nitrogens with zero attached hydrogens (tertiary/aromatic N) is 1. The number of aliphatic hydroxyl groups excluding tert-OH is 1. The molecular weight excluding hydrogens is 274 g/mol. The maximum absolute atomic E-state index is 10.2. The summed E-state index contributed by atoms with van der Waals surface area (Å²) in [5, 5.41) is 10.2. The summed E-state index contributed by atoms with van der Waals surface area (Å²) < 4.78 is 5.68. The van der Waals surface area contributed by atoms with Gasteiger partial charge >= 0.3 is 0 Å². The van der Waals surface area contributed by atoms with Crippen molar-refractivity contribution in [1.29, 1.82) is 0 Å². The second-order valence-corrected chi connectivity index (χ2v) is 6.04. The summed E-state index contributed by atoms with van der Waals surface area (Å²) in [5.41, 5.74) is 3.98. The molecular formula is C19H23NO2. The molecule has 1 aliphatic rings. The Kier molecular flexibility index (Phi) is 4.76. The van der Waals surface area contributed by atoms with E-state index in [2.05, 4.69) is 29.2 Å². The summed E-state index contributed by atoms with van der Waals surface area (Å²) >= 11 is 0. The van der Waals surface area contributed by atoms with Crippen molar-refractivity contribution in [3.63, 3.8) is 0 Å². The van der Waals surface area contributed by atoms with E-state index in [1.165, 1.54) is 16.7 Å². The van der Waals surface area contributed by atoms with Crippen LogP contribution in [0.5, 0.6) is 5.75 Å². The van der Waals surface area contributed by atoms with Gasteiger partial charge in [-0.05, 0) is 42.2 Å². The Bertz CT molecular complexity index is 626. The highest BCUT2D eigenvalue weighted by Crippen LogP contribution is 2.19. The topological polar surface area (TPSA) is 32.7 Å². The molecule has 0 amide bonds. The van der Waals surface area contributed by atoms with Gasteiger partial charge in [0.1, 0.15) is 18.5 Å². The fourth-order valence-corrected chi connectivity index (χ4v) is 2.96. The third kappa shape index (κ3) is 3.87. The number of β-amino-alcohol motifs (C(OH)–C–C–N with tert-alkyl or cyclic N) is 1. The minimum atomic E-state index is -0.467. The summed E-state index contributed by atoms with van der Waals surface area (Å²) in [6, 6.07) is 16.5. The van der Waals surface area contributed by atoms with Crippen LogP contribution in [0, 0.1) is 6.92 Å². The van der Waals surface area contributed by atoms with Crippen molar-refractivity contribution in [2.75, 3.05) is 19.7 Å². The maximum Gasteiger partial charge on any atom is 0.119 e. The highest BCUT2D eigenvalue weighted by molar-refractivity contribution is 5.29. The summed E-state index contributed by atoms with van der Waals surface area (Å²) in [4.78, 5) is 2.30. The first-order valence-corrected chi connectivity index (χ1v) is 7.87. The Morgan fingerprint density at radius 2 is 1.95 bits per heavy atom. The quantitative estimate of drug-likeness (QED) is 0.921. The van der Waals surface area contributed by atoms with Gasteiger partial charge in [0.2, 0.25) is 0 Å². The van der Waals surface area contributed by atoms with E-state index < -0.39 is 6.10 Å². The molecule has 3 nitrogen and oxygen atoms in total. The van der Waals surface area contributed by atoms with Crippen molar-refractivity contribution < 1.29 is 9.84 Å². The molecule has 1 N–H and O–H groups in total. The normalized spacial score (nSPS) is 16.1. The molecule has 0 spiro atoms. The fourth-order valence-electron chi connectivity index (χ4n) is 2.96. The highest BCUT2D eigenvalue weighted by atomic mass is 16.5. The SMILES string of the molecule is Cc1cccc(OC[C@H](O)CN2CCc3ccccc3C2)c1. The Morgan fingerprint density at radius 1 is 1.14 bits per heavy atom. The van der Waals surface area contributed by atoms with Gasteiger partial charge in [0.15, 0.2) is 0 Å². The molecule has 3 heteroatoms. The molecule has 0 aromatic heterocycles. The number of aliphatic hydroxyl groups is 1. The number of benzene rings is 2. The van der Waals surface area contributed by atoms with Crippen molar-refractivity contribution in [2.24, 2.45) is 0 Å². The van der Waals surface area contributed by atoms with Crippen LogP contribution in [-0.2, 0) is 13.0 Å². The van der Waals surface area contributed by atoms with Crippen molar-refractivity contribution in [2.45, 2.75) is 26.0 Å². The van der Waals surface area contributed by atoms with Crippen LogP contribution >= 0.6 is 0 Å². The largest absolute Gasteiger partial charge is 0.491 e. The zero-order valence-corrected chi connectivity index (χ0v) is 13.0. The standard InChI is InChI=1S/C19H23NO2/c1-15-5-4-8-19(11-15)22-14-18(21)13-20-10-9-16-6-2-3-7-17(16)12-20/h2-8,11,18,21H,9-10,12-14H2,1H3/t18-/m1/s1. The van der Waals surface area contributed by atoms with Crippen LogP contribution in [0.25, 0.3) is 0 Å². The zero-order chi connectivity index (χ0) is 15.4. The summed E-state index contributed by atoms with van der Waals surface area (Å²) in [6.07, 6.45) is 0.590. The Balaban J connectivity index is 1.49. The van der Waals surface area contributed by atoms with E-state index >= 15 is 0 Å². The van der Waals surface area contributed by atoms with Gasteiger partial charge in [-0.25, -0.2) is 0 Å².